The third kappa shape index (κ3) is 5.75. The third-order valence-corrected chi connectivity index (χ3v) is 9.70. The largest absolute Gasteiger partial charge is 0.350 e. The lowest BCUT2D eigenvalue weighted by Crippen LogP contribution is -2.58. The topological polar surface area (TPSA) is 131 Å². The van der Waals surface area contributed by atoms with Crippen LogP contribution in [0.3, 0.4) is 0 Å². The molecule has 4 atom stereocenters. The van der Waals surface area contributed by atoms with Gasteiger partial charge in [0.2, 0.25) is 23.6 Å². The Hall–Kier alpha value is -2.41. The normalized spacial score (nSPS) is 26.8. The minimum absolute atomic E-state index is 0.0449. The molecule has 1 spiro atoms. The smallest absolute Gasteiger partial charge is 0.246 e. The van der Waals surface area contributed by atoms with Crippen LogP contribution in [0.2, 0.25) is 19.1 Å². The van der Waals surface area contributed by atoms with Gasteiger partial charge in [0.15, 0.2) is 0 Å². The number of carbonyl (C=O) groups excluding carboxylic acids is 4. The van der Waals surface area contributed by atoms with E-state index in [1.165, 1.54) is 6.92 Å². The number of carbonyl (C=O) groups is 4. The van der Waals surface area contributed by atoms with E-state index in [4.69, 9.17) is 0 Å². The molecule has 0 aromatic rings. The van der Waals surface area contributed by atoms with E-state index in [1.54, 1.807) is 4.90 Å². The first kappa shape index (κ1) is 25.2. The second-order valence-corrected chi connectivity index (χ2v) is 17.0. The number of amides is 4. The van der Waals surface area contributed by atoms with Crippen LogP contribution in [0.5, 0.6) is 0 Å². The predicted octanol–water partition coefficient (Wildman–Crippen LogP) is 1.06. The van der Waals surface area contributed by atoms with Gasteiger partial charge in [0, 0.05) is 24.5 Å². The highest BCUT2D eigenvalue weighted by Crippen LogP contribution is 2.46. The highest BCUT2D eigenvalue weighted by Gasteiger charge is 2.53. The standard InChI is InChI=1S/C23H37N5O4Si/c1-14(29)25-18(22(2,3)4)21(32)28-13-33(5,6)12-17(28)20(31)26-16(11-24)9-15-10-23(7-8-23)27-19(15)30/h15-18H,7-10,12-13H2,1-6H3,(H,25,29)(H,26,31)(H,27,30)/t15-,16+,17+,18-/m1/s1. The molecule has 2 aliphatic heterocycles. The summed E-state index contributed by atoms with van der Waals surface area (Å²) in [4.78, 5) is 52.5. The molecule has 0 aromatic carbocycles. The van der Waals surface area contributed by atoms with Gasteiger partial charge in [0.25, 0.3) is 0 Å². The van der Waals surface area contributed by atoms with Crippen molar-refractivity contribution < 1.29 is 19.2 Å². The van der Waals surface area contributed by atoms with Crippen LogP contribution in [-0.2, 0) is 19.2 Å². The summed E-state index contributed by atoms with van der Waals surface area (Å²) in [5.74, 6) is -1.25. The molecule has 33 heavy (non-hydrogen) atoms. The van der Waals surface area contributed by atoms with Crippen LogP contribution in [0.4, 0.5) is 0 Å². The summed E-state index contributed by atoms with van der Waals surface area (Å²) in [5.41, 5.74) is -0.608. The van der Waals surface area contributed by atoms with E-state index < -0.39 is 31.6 Å². The fourth-order valence-corrected chi connectivity index (χ4v) is 7.98. The summed E-state index contributed by atoms with van der Waals surface area (Å²) in [5, 5.41) is 18.3. The molecule has 2 heterocycles. The monoisotopic (exact) mass is 475 g/mol. The summed E-state index contributed by atoms with van der Waals surface area (Å²) in [6, 6.07) is 0.492. The molecular weight excluding hydrogens is 438 g/mol. The van der Waals surface area contributed by atoms with E-state index in [0.29, 0.717) is 18.6 Å². The lowest BCUT2D eigenvalue weighted by Gasteiger charge is -2.35. The lowest BCUT2D eigenvalue weighted by molar-refractivity contribution is -0.143. The Morgan fingerprint density at radius 1 is 1.27 bits per heavy atom. The molecule has 3 fully saturated rings. The van der Waals surface area contributed by atoms with Crippen LogP contribution < -0.4 is 16.0 Å². The van der Waals surface area contributed by atoms with Crippen LogP contribution in [-0.4, -0.2) is 66.4 Å². The second-order valence-electron chi connectivity index (χ2n) is 11.9. The SMILES string of the molecule is CC(=O)N[C@H](C(=O)N1C[Si](C)(C)C[C@H]1C(=O)N[C@H](C#N)C[C@@H]1CC2(CC2)NC1=O)C(C)(C)C. The maximum absolute atomic E-state index is 13.5. The van der Waals surface area contributed by atoms with Crippen molar-refractivity contribution in [3.63, 3.8) is 0 Å². The third-order valence-electron chi connectivity index (χ3n) is 7.01. The first-order valence-corrected chi connectivity index (χ1v) is 15.2. The molecule has 1 saturated carbocycles. The van der Waals surface area contributed by atoms with E-state index in [2.05, 4.69) is 35.1 Å². The zero-order valence-corrected chi connectivity index (χ0v) is 21.6. The minimum atomic E-state index is -1.87. The molecule has 0 radical (unpaired) electrons. The van der Waals surface area contributed by atoms with Gasteiger partial charge in [0.1, 0.15) is 18.1 Å². The Labute approximate surface area is 197 Å². The first-order valence-electron chi connectivity index (χ1n) is 11.8. The number of hydrogen-bond acceptors (Lipinski definition) is 5. The van der Waals surface area contributed by atoms with Crippen LogP contribution >= 0.6 is 0 Å². The Morgan fingerprint density at radius 3 is 2.39 bits per heavy atom. The van der Waals surface area contributed by atoms with E-state index in [0.717, 1.165) is 12.8 Å². The van der Waals surface area contributed by atoms with Crippen LogP contribution in [0.25, 0.3) is 0 Å². The summed E-state index contributed by atoms with van der Waals surface area (Å²) in [7, 11) is -1.87. The van der Waals surface area contributed by atoms with Gasteiger partial charge in [-0.1, -0.05) is 33.9 Å². The molecular formula is C23H37N5O4Si. The van der Waals surface area contributed by atoms with E-state index in [1.807, 2.05) is 20.8 Å². The molecule has 10 heteroatoms. The summed E-state index contributed by atoms with van der Waals surface area (Å²) >= 11 is 0. The maximum atomic E-state index is 13.5. The quantitative estimate of drug-likeness (QED) is 0.494. The molecule has 3 aliphatic rings. The van der Waals surface area contributed by atoms with Gasteiger partial charge < -0.3 is 20.9 Å². The van der Waals surface area contributed by atoms with Crippen LogP contribution in [0.1, 0.15) is 53.4 Å². The maximum Gasteiger partial charge on any atom is 0.246 e. The van der Waals surface area contributed by atoms with Crippen molar-refractivity contribution in [2.45, 2.75) is 96.2 Å². The molecule has 2 saturated heterocycles. The van der Waals surface area contributed by atoms with Gasteiger partial charge in [-0.25, -0.2) is 0 Å². The van der Waals surface area contributed by atoms with E-state index >= 15 is 0 Å². The molecule has 0 aromatic heterocycles. The molecule has 3 N–H and O–H groups in total. The van der Waals surface area contributed by atoms with Crippen molar-refractivity contribution in [2.24, 2.45) is 11.3 Å². The van der Waals surface area contributed by atoms with E-state index in [-0.39, 0.29) is 41.5 Å². The minimum Gasteiger partial charge on any atom is -0.350 e. The van der Waals surface area contributed by atoms with Gasteiger partial charge in [-0.05, 0) is 37.1 Å². The van der Waals surface area contributed by atoms with Gasteiger partial charge in [0.05, 0.1) is 14.1 Å². The average Bonchev–Trinajstić information content (AvgIpc) is 3.24. The number of nitrogens with one attached hydrogen (secondary N) is 3. The highest BCUT2D eigenvalue weighted by molar-refractivity contribution is 6.79. The summed E-state index contributed by atoms with van der Waals surface area (Å²) < 4.78 is 0. The van der Waals surface area contributed by atoms with Gasteiger partial charge in [-0.3, -0.25) is 19.2 Å². The van der Waals surface area contributed by atoms with Crippen molar-refractivity contribution in [1.29, 1.82) is 5.26 Å². The Bertz CT molecular complexity index is 886. The molecule has 0 unspecified atom stereocenters. The van der Waals surface area contributed by atoms with Crippen LogP contribution in [0.15, 0.2) is 0 Å². The van der Waals surface area contributed by atoms with Crippen molar-refractivity contribution in [2.75, 3.05) is 6.17 Å². The van der Waals surface area contributed by atoms with Gasteiger partial charge in [-0.15, -0.1) is 0 Å². The zero-order chi connectivity index (χ0) is 24.8. The molecule has 3 rings (SSSR count). The molecule has 4 amide bonds. The van der Waals surface area contributed by atoms with E-state index in [9.17, 15) is 24.4 Å². The molecule has 9 nitrogen and oxygen atoms in total. The number of hydrogen-bond donors (Lipinski definition) is 3. The van der Waals surface area contributed by atoms with Gasteiger partial charge >= 0.3 is 0 Å². The summed E-state index contributed by atoms with van der Waals surface area (Å²) in [6.07, 6.45) is 3.44. The van der Waals surface area contributed by atoms with Crippen molar-refractivity contribution in [1.82, 2.24) is 20.9 Å². The lowest BCUT2D eigenvalue weighted by atomic mass is 9.85. The average molecular weight is 476 g/mol. The van der Waals surface area contributed by atoms with Gasteiger partial charge in [-0.2, -0.15) is 5.26 Å². The number of rotatable bonds is 6. The Balaban J connectivity index is 1.72. The fraction of sp³-hybridized carbons (Fsp3) is 0.783. The Morgan fingerprint density at radius 2 is 1.91 bits per heavy atom. The predicted molar refractivity (Wildman–Crippen MR) is 125 cm³/mol. The molecule has 0 bridgehead atoms. The van der Waals surface area contributed by atoms with Crippen molar-refractivity contribution >= 4 is 31.7 Å². The summed E-state index contributed by atoms with van der Waals surface area (Å²) in [6.45, 7) is 11.3. The van der Waals surface area contributed by atoms with Crippen molar-refractivity contribution in [3.8, 4) is 6.07 Å². The highest BCUT2D eigenvalue weighted by atomic mass is 28.3. The number of nitriles is 1. The van der Waals surface area contributed by atoms with Crippen LogP contribution in [0, 0.1) is 22.7 Å². The first-order chi connectivity index (χ1) is 15.2. The Kier molecular flexibility index (Phi) is 6.68. The number of nitrogens with zero attached hydrogens (tertiary/aromatic N) is 2. The second kappa shape index (κ2) is 8.74. The fourth-order valence-electron chi connectivity index (χ4n) is 5.10. The zero-order valence-electron chi connectivity index (χ0n) is 20.6. The molecule has 1 aliphatic carbocycles. The molecule has 182 valence electrons. The van der Waals surface area contributed by atoms with Crippen molar-refractivity contribution in [3.05, 3.63) is 0 Å².